The van der Waals surface area contributed by atoms with E-state index in [1.165, 1.54) is 0 Å². The highest BCUT2D eigenvalue weighted by Crippen LogP contribution is 2.25. The molecular weight excluding hydrogens is 388 g/mol. The number of fused-ring (bicyclic) bond motifs is 1. The first-order chi connectivity index (χ1) is 15.0. The Morgan fingerprint density at radius 3 is 2.55 bits per heavy atom. The molecule has 4 aromatic rings. The molecule has 1 atom stereocenters. The lowest BCUT2D eigenvalue weighted by molar-refractivity contribution is -0.121. The zero-order valence-electron chi connectivity index (χ0n) is 18.2. The number of nitrogens with zero attached hydrogens (tertiary/aromatic N) is 3. The van der Waals surface area contributed by atoms with E-state index in [-0.39, 0.29) is 18.4 Å². The number of imidazole rings is 1. The smallest absolute Gasteiger partial charge is 0.225 e. The third-order valence-corrected chi connectivity index (χ3v) is 5.69. The molecule has 0 aliphatic carbocycles. The predicted octanol–water partition coefficient (Wildman–Crippen LogP) is 4.04. The van der Waals surface area contributed by atoms with E-state index in [1.807, 2.05) is 73.3 Å². The van der Waals surface area contributed by atoms with Gasteiger partial charge in [0.05, 0.1) is 19.0 Å². The average molecular weight is 415 g/mol. The fraction of sp³-hybridized carbons (Fsp3) is 0.240. The molecule has 2 aromatic carbocycles. The van der Waals surface area contributed by atoms with Gasteiger partial charge in [0, 0.05) is 30.5 Å². The monoisotopic (exact) mass is 414 g/mol. The van der Waals surface area contributed by atoms with Gasteiger partial charge in [-0.1, -0.05) is 30.3 Å². The van der Waals surface area contributed by atoms with Gasteiger partial charge in [-0.3, -0.25) is 9.78 Å². The number of carbonyl (C=O) groups excluding carboxylic acids is 1. The van der Waals surface area contributed by atoms with E-state index < -0.39 is 0 Å². The topological polar surface area (TPSA) is 69.0 Å². The van der Waals surface area contributed by atoms with Crippen molar-refractivity contribution < 1.29 is 9.53 Å². The van der Waals surface area contributed by atoms with Crippen molar-refractivity contribution in [2.75, 3.05) is 7.11 Å². The highest BCUT2D eigenvalue weighted by molar-refractivity contribution is 5.86. The van der Waals surface area contributed by atoms with E-state index in [9.17, 15) is 4.79 Å². The van der Waals surface area contributed by atoms with E-state index in [4.69, 9.17) is 9.72 Å². The van der Waals surface area contributed by atoms with E-state index in [1.54, 1.807) is 13.3 Å². The second-order valence-corrected chi connectivity index (χ2v) is 7.66. The van der Waals surface area contributed by atoms with Crippen molar-refractivity contribution >= 4 is 16.8 Å². The molecule has 4 rings (SSSR count). The van der Waals surface area contributed by atoms with Crippen LogP contribution < -0.4 is 10.1 Å². The highest BCUT2D eigenvalue weighted by atomic mass is 16.5. The minimum absolute atomic E-state index is 0.0768. The number of benzene rings is 2. The number of nitrogens with one attached hydrogen (secondary N) is 1. The maximum absolute atomic E-state index is 13.2. The molecule has 0 bridgehead atoms. The molecule has 0 aliphatic heterocycles. The molecule has 1 N–H and O–H groups in total. The van der Waals surface area contributed by atoms with Gasteiger partial charge < -0.3 is 14.6 Å². The van der Waals surface area contributed by atoms with E-state index in [0.29, 0.717) is 0 Å². The minimum atomic E-state index is -0.368. The van der Waals surface area contributed by atoms with Gasteiger partial charge in [0.1, 0.15) is 17.6 Å². The number of carbonyl (C=O) groups is 1. The van der Waals surface area contributed by atoms with Crippen LogP contribution in [0.3, 0.4) is 0 Å². The summed E-state index contributed by atoms with van der Waals surface area (Å²) in [6.07, 6.45) is 3.87. The Hall–Kier alpha value is -3.67. The molecule has 6 heteroatoms. The summed E-state index contributed by atoms with van der Waals surface area (Å²) >= 11 is 0. The number of para-hydroxylation sites is 1. The van der Waals surface area contributed by atoms with Gasteiger partial charge in [0.15, 0.2) is 0 Å². The summed E-state index contributed by atoms with van der Waals surface area (Å²) in [6, 6.07) is 15.3. The van der Waals surface area contributed by atoms with Crippen molar-refractivity contribution in [1.29, 1.82) is 0 Å². The van der Waals surface area contributed by atoms with Crippen molar-refractivity contribution in [3.05, 3.63) is 89.1 Å². The van der Waals surface area contributed by atoms with Crippen LogP contribution >= 0.6 is 0 Å². The molecule has 0 saturated carbocycles. The number of pyridine rings is 1. The normalized spacial score (nSPS) is 12.0. The third-order valence-electron chi connectivity index (χ3n) is 5.69. The number of amides is 1. The number of methoxy groups -OCH3 is 1. The molecule has 0 spiro atoms. The van der Waals surface area contributed by atoms with Crippen LogP contribution in [0.2, 0.25) is 0 Å². The Morgan fingerprint density at radius 2 is 1.87 bits per heavy atom. The van der Waals surface area contributed by atoms with Gasteiger partial charge in [-0.15, -0.1) is 0 Å². The fourth-order valence-electron chi connectivity index (χ4n) is 3.95. The largest absolute Gasteiger partial charge is 0.497 e. The van der Waals surface area contributed by atoms with Gasteiger partial charge in [0.2, 0.25) is 5.91 Å². The number of aryl methyl sites for hydroxylation is 3. The molecule has 2 aromatic heterocycles. The van der Waals surface area contributed by atoms with Crippen LogP contribution in [0.4, 0.5) is 0 Å². The molecule has 0 radical (unpaired) electrons. The summed E-state index contributed by atoms with van der Waals surface area (Å²) < 4.78 is 7.19. The number of hydrogen-bond donors (Lipinski definition) is 1. The highest BCUT2D eigenvalue weighted by Gasteiger charge is 2.22. The molecule has 158 valence electrons. The van der Waals surface area contributed by atoms with Crippen molar-refractivity contribution in [1.82, 2.24) is 19.9 Å². The standard InChI is InChI=1S/C25H26N4O2/c1-16-20-7-5-6-8-22(20)27-17(2)21(16)15-23(30)28-24(25-26-13-14-29(25)3)18-9-11-19(31-4)12-10-18/h5-14,24H,15H2,1-4H3,(H,28,30). The van der Waals surface area contributed by atoms with Gasteiger partial charge in [0.25, 0.3) is 0 Å². The first kappa shape index (κ1) is 20.6. The summed E-state index contributed by atoms with van der Waals surface area (Å²) in [5.74, 6) is 1.46. The van der Waals surface area contributed by atoms with E-state index >= 15 is 0 Å². The second kappa shape index (κ2) is 8.60. The summed E-state index contributed by atoms with van der Waals surface area (Å²) in [5, 5.41) is 4.25. The Bertz CT molecular complexity index is 1230. The summed E-state index contributed by atoms with van der Waals surface area (Å²) in [5.41, 5.74) is 4.82. The molecule has 1 amide bonds. The maximum Gasteiger partial charge on any atom is 0.225 e. The van der Waals surface area contributed by atoms with Gasteiger partial charge in [-0.05, 0) is 48.7 Å². The van der Waals surface area contributed by atoms with E-state index in [2.05, 4.69) is 17.2 Å². The quantitative estimate of drug-likeness (QED) is 0.517. The Morgan fingerprint density at radius 1 is 1.13 bits per heavy atom. The second-order valence-electron chi connectivity index (χ2n) is 7.66. The molecule has 0 fully saturated rings. The number of ether oxygens (including phenoxy) is 1. The molecule has 0 saturated heterocycles. The van der Waals surface area contributed by atoms with E-state index in [0.717, 1.165) is 44.9 Å². The van der Waals surface area contributed by atoms with Gasteiger partial charge >= 0.3 is 0 Å². The van der Waals surface area contributed by atoms with Crippen molar-refractivity contribution in [3.8, 4) is 5.75 Å². The van der Waals surface area contributed by atoms with Crippen molar-refractivity contribution in [2.24, 2.45) is 7.05 Å². The van der Waals surface area contributed by atoms with Crippen LogP contribution in [0.1, 0.15) is 34.3 Å². The molecule has 6 nitrogen and oxygen atoms in total. The van der Waals surface area contributed by atoms with Crippen LogP contribution in [0.5, 0.6) is 5.75 Å². The SMILES string of the molecule is COc1ccc(C(NC(=O)Cc2c(C)nc3ccccc3c2C)c2nccn2C)cc1. The number of aromatic nitrogens is 3. The predicted molar refractivity (Wildman–Crippen MR) is 121 cm³/mol. The number of rotatable bonds is 6. The Labute approximate surface area is 181 Å². The van der Waals surface area contributed by atoms with Crippen LogP contribution in [0.15, 0.2) is 60.9 Å². The average Bonchev–Trinajstić information content (AvgIpc) is 3.20. The third kappa shape index (κ3) is 4.14. The lowest BCUT2D eigenvalue weighted by Gasteiger charge is -2.20. The summed E-state index contributed by atoms with van der Waals surface area (Å²) in [6.45, 7) is 4.01. The Balaban J connectivity index is 1.64. The van der Waals surface area contributed by atoms with Crippen LogP contribution in [-0.4, -0.2) is 27.6 Å². The first-order valence-corrected chi connectivity index (χ1v) is 10.2. The van der Waals surface area contributed by atoms with Crippen molar-refractivity contribution in [3.63, 3.8) is 0 Å². The van der Waals surface area contributed by atoms with Crippen LogP contribution in [0.25, 0.3) is 10.9 Å². The fourth-order valence-corrected chi connectivity index (χ4v) is 3.95. The molecule has 2 heterocycles. The minimum Gasteiger partial charge on any atom is -0.497 e. The van der Waals surface area contributed by atoms with Crippen molar-refractivity contribution in [2.45, 2.75) is 26.3 Å². The zero-order chi connectivity index (χ0) is 22.0. The molecular formula is C25H26N4O2. The molecule has 31 heavy (non-hydrogen) atoms. The summed E-state index contributed by atoms with van der Waals surface area (Å²) in [7, 11) is 3.56. The van der Waals surface area contributed by atoms with Gasteiger partial charge in [-0.2, -0.15) is 0 Å². The van der Waals surface area contributed by atoms with Gasteiger partial charge in [-0.25, -0.2) is 4.98 Å². The lowest BCUT2D eigenvalue weighted by atomic mass is 9.98. The Kier molecular flexibility index (Phi) is 5.71. The molecule has 1 unspecified atom stereocenters. The maximum atomic E-state index is 13.2. The molecule has 0 aliphatic rings. The number of hydrogen-bond acceptors (Lipinski definition) is 4. The van der Waals surface area contributed by atoms with Crippen LogP contribution in [0, 0.1) is 13.8 Å². The first-order valence-electron chi connectivity index (χ1n) is 10.2. The summed E-state index contributed by atoms with van der Waals surface area (Å²) in [4.78, 5) is 22.3. The lowest BCUT2D eigenvalue weighted by Crippen LogP contribution is -2.32. The van der Waals surface area contributed by atoms with Crippen LogP contribution in [-0.2, 0) is 18.3 Å². The zero-order valence-corrected chi connectivity index (χ0v) is 18.2.